The molecular weight excluding hydrogens is 480 g/mol. The summed E-state index contributed by atoms with van der Waals surface area (Å²) in [7, 11) is 1.79. The topological polar surface area (TPSA) is 84.9 Å². The van der Waals surface area contributed by atoms with Gasteiger partial charge in [-0.05, 0) is 74.7 Å². The van der Waals surface area contributed by atoms with Gasteiger partial charge in [0.25, 0.3) is 0 Å². The van der Waals surface area contributed by atoms with E-state index in [1.165, 1.54) is 0 Å². The van der Waals surface area contributed by atoms with Crippen molar-refractivity contribution in [3.8, 4) is 0 Å². The molecule has 7 heteroatoms. The van der Waals surface area contributed by atoms with Gasteiger partial charge in [0.05, 0.1) is 12.0 Å². The molecule has 38 heavy (non-hydrogen) atoms. The van der Waals surface area contributed by atoms with Gasteiger partial charge in [-0.25, -0.2) is 4.79 Å². The van der Waals surface area contributed by atoms with Crippen LogP contribution in [0.5, 0.6) is 0 Å². The van der Waals surface area contributed by atoms with Crippen molar-refractivity contribution in [1.29, 1.82) is 0 Å². The molecule has 0 spiro atoms. The van der Waals surface area contributed by atoms with Crippen molar-refractivity contribution < 1.29 is 23.9 Å². The van der Waals surface area contributed by atoms with Gasteiger partial charge in [-0.1, -0.05) is 41.5 Å². The molecule has 2 heterocycles. The maximum atomic E-state index is 14.4. The second-order valence-electron chi connectivity index (χ2n) is 14.6. The van der Waals surface area contributed by atoms with Crippen LogP contribution in [0.1, 0.15) is 86.5 Å². The lowest BCUT2D eigenvalue weighted by Crippen LogP contribution is -2.63. The van der Waals surface area contributed by atoms with E-state index in [1.54, 1.807) is 7.11 Å². The highest BCUT2D eigenvalue weighted by Gasteiger charge is 2.68. The number of rotatable bonds is 5. The highest BCUT2D eigenvalue weighted by Crippen LogP contribution is 2.69. The van der Waals surface area contributed by atoms with Crippen LogP contribution in [0.15, 0.2) is 0 Å². The molecule has 5 rings (SSSR count). The fraction of sp³-hybridized carbons (Fsp3) is 0.903. The second kappa shape index (κ2) is 9.87. The summed E-state index contributed by atoms with van der Waals surface area (Å²) >= 11 is 0. The Bertz CT molecular complexity index is 968. The van der Waals surface area contributed by atoms with Crippen LogP contribution >= 0.6 is 0 Å². The molecule has 5 fully saturated rings. The van der Waals surface area contributed by atoms with Crippen LogP contribution in [0.3, 0.4) is 0 Å². The first kappa shape index (κ1) is 28.1. The lowest BCUT2D eigenvalue weighted by Gasteiger charge is -2.62. The number of piperidine rings is 1. The summed E-state index contributed by atoms with van der Waals surface area (Å²) in [5.74, 6) is 0.979. The number of Topliss-reactive ketones (excluding diaryl/α,β-unsaturated/α-hetero) is 1. The number of imide groups is 1. The van der Waals surface area contributed by atoms with Gasteiger partial charge in [-0.2, -0.15) is 0 Å². The number of ketones is 1. The average molecular weight is 531 g/mol. The third-order valence-corrected chi connectivity index (χ3v) is 12.1. The van der Waals surface area contributed by atoms with E-state index in [4.69, 9.17) is 9.47 Å². The predicted molar refractivity (Wildman–Crippen MR) is 145 cm³/mol. The number of alkyl carbamates (subject to hydrolysis) is 1. The molecule has 7 nitrogen and oxygen atoms in total. The predicted octanol–water partition coefficient (Wildman–Crippen LogP) is 5.07. The zero-order chi connectivity index (χ0) is 27.6. The number of fused-ring (bicyclic) bond motifs is 2. The van der Waals surface area contributed by atoms with Crippen molar-refractivity contribution in [2.75, 3.05) is 26.7 Å². The molecule has 5 aliphatic rings. The standard InChI is InChI=1S/C31H50N2O5/c1-18(2)14-29(5)15-24(38-28(36)32-27(35)22-17-33-13-10-21(22)16-33)30(6)19(3)8-11-31(20(4)26(29)34)12-9-23(37-7)25(30)31/h18-25H,8-17H2,1-7H3,(H,32,35,36)/t19-,20+,21-,22+,23-,24-,25?,29-,30+,31?/m1/s1. The van der Waals surface area contributed by atoms with E-state index in [-0.39, 0.29) is 40.6 Å². The molecule has 214 valence electrons. The summed E-state index contributed by atoms with van der Waals surface area (Å²) in [6.07, 6.45) is 5.08. The summed E-state index contributed by atoms with van der Waals surface area (Å²) in [4.78, 5) is 43.2. The van der Waals surface area contributed by atoms with E-state index < -0.39 is 17.6 Å². The quantitative estimate of drug-likeness (QED) is 0.534. The van der Waals surface area contributed by atoms with Gasteiger partial charge in [0.2, 0.25) is 5.91 Å². The van der Waals surface area contributed by atoms with E-state index >= 15 is 0 Å². The number of nitrogens with one attached hydrogen (secondary N) is 1. The van der Waals surface area contributed by atoms with Gasteiger partial charge in [0.1, 0.15) is 11.9 Å². The molecule has 3 saturated carbocycles. The molecule has 3 unspecified atom stereocenters. The number of amides is 2. The molecule has 2 saturated heterocycles. The first-order chi connectivity index (χ1) is 17.9. The molecule has 4 bridgehead atoms. The van der Waals surface area contributed by atoms with E-state index in [2.05, 4.69) is 51.8 Å². The third-order valence-electron chi connectivity index (χ3n) is 12.1. The summed E-state index contributed by atoms with van der Waals surface area (Å²) in [5.41, 5.74) is -1.11. The fourth-order valence-corrected chi connectivity index (χ4v) is 10.2. The van der Waals surface area contributed by atoms with Crippen LogP contribution in [-0.4, -0.2) is 61.6 Å². The van der Waals surface area contributed by atoms with Crippen molar-refractivity contribution in [2.24, 2.45) is 51.8 Å². The van der Waals surface area contributed by atoms with E-state index in [9.17, 15) is 14.4 Å². The van der Waals surface area contributed by atoms with Crippen LogP contribution in [0.25, 0.3) is 0 Å². The molecule has 3 aliphatic carbocycles. The van der Waals surface area contributed by atoms with Crippen LogP contribution in [-0.2, 0) is 19.1 Å². The van der Waals surface area contributed by atoms with E-state index in [0.717, 1.165) is 58.2 Å². The third kappa shape index (κ3) is 4.25. The number of hydrogen-bond donors (Lipinski definition) is 1. The monoisotopic (exact) mass is 530 g/mol. The number of methoxy groups -OCH3 is 1. The van der Waals surface area contributed by atoms with Crippen molar-refractivity contribution in [3.63, 3.8) is 0 Å². The first-order valence-electron chi connectivity index (χ1n) is 15.2. The fourth-order valence-electron chi connectivity index (χ4n) is 10.2. The Hall–Kier alpha value is -1.47. The maximum Gasteiger partial charge on any atom is 0.414 e. The Morgan fingerprint density at radius 3 is 2.42 bits per heavy atom. The van der Waals surface area contributed by atoms with Gasteiger partial charge in [0, 0.05) is 42.9 Å². The average Bonchev–Trinajstić information content (AvgIpc) is 3.59. The number of ether oxygens (including phenoxy) is 2. The minimum atomic E-state index is -0.651. The van der Waals surface area contributed by atoms with Gasteiger partial charge in [0.15, 0.2) is 0 Å². The molecule has 0 aromatic rings. The molecule has 0 radical (unpaired) electrons. The summed E-state index contributed by atoms with van der Waals surface area (Å²) in [6, 6.07) is 0. The van der Waals surface area contributed by atoms with Crippen LogP contribution in [0.2, 0.25) is 0 Å². The Labute approximate surface area is 229 Å². The number of carbonyl (C=O) groups excluding carboxylic acids is 3. The summed E-state index contributed by atoms with van der Waals surface area (Å²) in [5, 5.41) is 2.62. The van der Waals surface area contributed by atoms with Gasteiger partial charge in [-0.15, -0.1) is 0 Å². The van der Waals surface area contributed by atoms with Crippen LogP contribution in [0.4, 0.5) is 4.79 Å². The zero-order valence-electron chi connectivity index (χ0n) is 24.7. The number of nitrogens with zero attached hydrogens (tertiary/aromatic N) is 1. The smallest absolute Gasteiger partial charge is 0.414 e. The SMILES string of the molecule is CO[C@@H]1CCC23CC[C@@H](C)[C@](C)(C12)[C@H](OC(=O)NC(=O)[C@H]1CN2CC[C@@H]1C2)C[C@@](C)(CC(C)C)C(=O)[C@@H]3C. The first-order valence-corrected chi connectivity index (χ1v) is 15.2. The molecule has 0 aromatic heterocycles. The minimum Gasteiger partial charge on any atom is -0.445 e. The highest BCUT2D eigenvalue weighted by molar-refractivity contribution is 5.93. The van der Waals surface area contributed by atoms with Crippen molar-refractivity contribution in [2.45, 2.75) is 98.7 Å². The van der Waals surface area contributed by atoms with Gasteiger partial charge >= 0.3 is 6.09 Å². The van der Waals surface area contributed by atoms with Crippen molar-refractivity contribution in [1.82, 2.24) is 10.2 Å². The Morgan fingerprint density at radius 2 is 1.82 bits per heavy atom. The maximum absolute atomic E-state index is 14.4. The molecule has 11 atom stereocenters. The normalized spacial score (nSPS) is 47.9. The van der Waals surface area contributed by atoms with Crippen molar-refractivity contribution in [3.05, 3.63) is 0 Å². The minimum absolute atomic E-state index is 0.0336. The van der Waals surface area contributed by atoms with Crippen LogP contribution < -0.4 is 5.32 Å². The Kier molecular flexibility index (Phi) is 7.29. The molecule has 2 amide bonds. The zero-order valence-corrected chi connectivity index (χ0v) is 24.7. The molecule has 1 N–H and O–H groups in total. The lowest BCUT2D eigenvalue weighted by molar-refractivity contribution is -0.193. The highest BCUT2D eigenvalue weighted by atomic mass is 16.6. The van der Waals surface area contributed by atoms with Crippen LogP contribution in [0, 0.1) is 51.8 Å². The van der Waals surface area contributed by atoms with E-state index in [1.807, 2.05) is 0 Å². The lowest BCUT2D eigenvalue weighted by atomic mass is 9.43. The summed E-state index contributed by atoms with van der Waals surface area (Å²) in [6.45, 7) is 15.9. The van der Waals surface area contributed by atoms with E-state index in [0.29, 0.717) is 30.0 Å². The second-order valence-corrected chi connectivity index (χ2v) is 14.6. The summed E-state index contributed by atoms with van der Waals surface area (Å²) < 4.78 is 12.5. The number of carbonyl (C=O) groups is 3. The molecule has 0 aromatic carbocycles. The Balaban J connectivity index is 1.49. The molecular formula is C31H50N2O5. The van der Waals surface area contributed by atoms with Gasteiger partial charge in [-0.3, -0.25) is 14.9 Å². The van der Waals surface area contributed by atoms with Gasteiger partial charge < -0.3 is 14.4 Å². The Morgan fingerprint density at radius 1 is 1.11 bits per heavy atom. The number of hydrogen-bond acceptors (Lipinski definition) is 6. The molecule has 2 aliphatic heterocycles. The van der Waals surface area contributed by atoms with Crippen molar-refractivity contribution >= 4 is 17.8 Å². The largest absolute Gasteiger partial charge is 0.445 e.